The average molecular weight is 290 g/mol. The smallest absolute Gasteiger partial charge is 0.268 e. The molecule has 0 saturated heterocycles. The summed E-state index contributed by atoms with van der Waals surface area (Å²) in [5, 5.41) is 13.6. The number of rotatable bonds is 4. The zero-order valence-electron chi connectivity index (χ0n) is 12.8. The van der Waals surface area contributed by atoms with Crippen LogP contribution in [0.4, 0.5) is 0 Å². The first kappa shape index (κ1) is 14.6. The van der Waals surface area contributed by atoms with Gasteiger partial charge in [-0.2, -0.15) is 0 Å². The van der Waals surface area contributed by atoms with E-state index in [1.165, 1.54) is 12.8 Å². The van der Waals surface area contributed by atoms with Crippen molar-refractivity contribution in [1.82, 2.24) is 9.88 Å². The van der Waals surface area contributed by atoms with Crippen molar-refractivity contribution < 1.29 is 9.90 Å². The SMILES string of the molecule is CC1CCCC(O)(CNC(=O)c2cccn2C2CCC2)C1. The highest BCUT2D eigenvalue weighted by Gasteiger charge is 2.33. The molecule has 2 aliphatic rings. The van der Waals surface area contributed by atoms with Crippen LogP contribution in [0.1, 0.15) is 68.4 Å². The van der Waals surface area contributed by atoms with Crippen molar-refractivity contribution in [3.8, 4) is 0 Å². The standard InChI is InChI=1S/C17H26N2O2/c1-13-5-3-9-17(21,11-13)12-18-16(20)15-8-4-10-19(15)14-6-2-7-14/h4,8,10,13-14,21H,2-3,5-7,9,11-12H2,1H3,(H,18,20). The highest BCUT2D eigenvalue weighted by atomic mass is 16.3. The van der Waals surface area contributed by atoms with Crippen LogP contribution in [0.3, 0.4) is 0 Å². The molecule has 0 bridgehead atoms. The van der Waals surface area contributed by atoms with Crippen molar-refractivity contribution in [3.63, 3.8) is 0 Å². The van der Waals surface area contributed by atoms with Crippen molar-refractivity contribution in [2.45, 2.75) is 63.5 Å². The summed E-state index contributed by atoms with van der Waals surface area (Å²) in [6.45, 7) is 2.54. The van der Waals surface area contributed by atoms with Gasteiger partial charge in [-0.1, -0.05) is 19.8 Å². The van der Waals surface area contributed by atoms with E-state index >= 15 is 0 Å². The van der Waals surface area contributed by atoms with Gasteiger partial charge in [-0.25, -0.2) is 0 Å². The molecule has 0 aromatic carbocycles. The first-order valence-corrected chi connectivity index (χ1v) is 8.25. The van der Waals surface area contributed by atoms with Crippen molar-refractivity contribution in [2.75, 3.05) is 6.54 Å². The molecule has 2 aliphatic carbocycles. The maximum atomic E-state index is 12.4. The highest BCUT2D eigenvalue weighted by molar-refractivity contribution is 5.92. The summed E-state index contributed by atoms with van der Waals surface area (Å²) in [5.41, 5.74) is 0.00784. The Hall–Kier alpha value is -1.29. The minimum absolute atomic E-state index is 0.0569. The molecule has 4 heteroatoms. The zero-order valence-corrected chi connectivity index (χ0v) is 12.8. The van der Waals surface area contributed by atoms with Crippen molar-refractivity contribution in [2.24, 2.45) is 5.92 Å². The molecule has 0 aliphatic heterocycles. The Bertz CT molecular complexity index is 507. The molecule has 2 unspecified atom stereocenters. The topological polar surface area (TPSA) is 54.3 Å². The second kappa shape index (κ2) is 5.84. The first-order chi connectivity index (χ1) is 10.1. The van der Waals surface area contributed by atoms with Crippen LogP contribution in [0, 0.1) is 5.92 Å². The molecule has 1 aromatic rings. The lowest BCUT2D eigenvalue weighted by atomic mass is 9.79. The minimum atomic E-state index is -0.721. The van der Waals surface area contributed by atoms with Gasteiger partial charge in [0.05, 0.1) is 5.60 Å². The van der Waals surface area contributed by atoms with Gasteiger partial charge >= 0.3 is 0 Å². The van der Waals surface area contributed by atoms with E-state index in [1.54, 1.807) is 0 Å². The summed E-state index contributed by atoms with van der Waals surface area (Å²) in [7, 11) is 0. The van der Waals surface area contributed by atoms with Crippen LogP contribution in [0.15, 0.2) is 18.3 Å². The Balaban J connectivity index is 1.60. The second-order valence-electron chi connectivity index (χ2n) is 6.99. The fourth-order valence-electron chi connectivity index (χ4n) is 3.70. The highest BCUT2D eigenvalue weighted by Crippen LogP contribution is 2.33. The van der Waals surface area contributed by atoms with Gasteiger partial charge in [-0.3, -0.25) is 4.79 Å². The Labute approximate surface area is 126 Å². The number of carbonyl (C=O) groups is 1. The summed E-state index contributed by atoms with van der Waals surface area (Å²) in [6, 6.07) is 4.30. The Kier molecular flexibility index (Phi) is 4.07. The van der Waals surface area contributed by atoms with Crippen LogP contribution in [-0.2, 0) is 0 Å². The number of nitrogens with one attached hydrogen (secondary N) is 1. The molecular formula is C17H26N2O2. The molecule has 21 heavy (non-hydrogen) atoms. The third kappa shape index (κ3) is 3.15. The number of aliphatic hydroxyl groups is 1. The van der Waals surface area contributed by atoms with E-state index in [0.29, 0.717) is 18.5 Å². The summed E-state index contributed by atoms with van der Waals surface area (Å²) in [5.74, 6) is 0.484. The summed E-state index contributed by atoms with van der Waals surface area (Å²) < 4.78 is 2.09. The van der Waals surface area contributed by atoms with Crippen LogP contribution in [0.25, 0.3) is 0 Å². The fourth-order valence-corrected chi connectivity index (χ4v) is 3.70. The lowest BCUT2D eigenvalue weighted by Gasteiger charge is -2.35. The monoisotopic (exact) mass is 290 g/mol. The van der Waals surface area contributed by atoms with Crippen LogP contribution in [0.5, 0.6) is 0 Å². The largest absolute Gasteiger partial charge is 0.388 e. The van der Waals surface area contributed by atoms with E-state index in [-0.39, 0.29) is 5.91 Å². The Morgan fingerprint density at radius 3 is 2.90 bits per heavy atom. The van der Waals surface area contributed by atoms with Crippen LogP contribution >= 0.6 is 0 Å². The number of amides is 1. The van der Waals surface area contributed by atoms with E-state index < -0.39 is 5.60 Å². The Morgan fingerprint density at radius 2 is 2.24 bits per heavy atom. The summed E-state index contributed by atoms with van der Waals surface area (Å²) in [6.07, 6.45) is 9.38. The van der Waals surface area contributed by atoms with E-state index in [2.05, 4.69) is 16.8 Å². The van der Waals surface area contributed by atoms with Gasteiger partial charge in [0.1, 0.15) is 5.69 Å². The molecule has 1 aromatic heterocycles. The summed E-state index contributed by atoms with van der Waals surface area (Å²) >= 11 is 0. The normalized spacial score (nSPS) is 29.9. The molecule has 116 valence electrons. The average Bonchev–Trinajstić information content (AvgIpc) is 2.83. The second-order valence-corrected chi connectivity index (χ2v) is 6.99. The molecule has 2 atom stereocenters. The van der Waals surface area contributed by atoms with E-state index in [4.69, 9.17) is 0 Å². The number of hydrogen-bond donors (Lipinski definition) is 2. The van der Waals surface area contributed by atoms with E-state index in [1.807, 2.05) is 18.3 Å². The first-order valence-electron chi connectivity index (χ1n) is 8.25. The predicted molar refractivity (Wildman–Crippen MR) is 82.2 cm³/mol. The number of nitrogens with zero attached hydrogens (tertiary/aromatic N) is 1. The van der Waals surface area contributed by atoms with Crippen LogP contribution < -0.4 is 5.32 Å². The van der Waals surface area contributed by atoms with Gasteiger partial charge in [0.25, 0.3) is 5.91 Å². The number of carbonyl (C=O) groups excluding carboxylic acids is 1. The van der Waals surface area contributed by atoms with Crippen molar-refractivity contribution >= 4 is 5.91 Å². The van der Waals surface area contributed by atoms with Gasteiger partial charge in [0.2, 0.25) is 0 Å². The number of aromatic nitrogens is 1. The summed E-state index contributed by atoms with van der Waals surface area (Å²) in [4.78, 5) is 12.4. The lowest BCUT2D eigenvalue weighted by molar-refractivity contribution is -0.0110. The minimum Gasteiger partial charge on any atom is -0.388 e. The van der Waals surface area contributed by atoms with Crippen molar-refractivity contribution in [1.29, 1.82) is 0 Å². The molecule has 4 nitrogen and oxygen atoms in total. The van der Waals surface area contributed by atoms with Crippen molar-refractivity contribution in [3.05, 3.63) is 24.0 Å². The fraction of sp³-hybridized carbons (Fsp3) is 0.706. The molecule has 2 saturated carbocycles. The van der Waals surface area contributed by atoms with Gasteiger partial charge < -0.3 is 15.0 Å². The maximum absolute atomic E-state index is 12.4. The molecule has 2 N–H and O–H groups in total. The molecule has 0 radical (unpaired) electrons. The third-order valence-corrected chi connectivity index (χ3v) is 5.13. The van der Waals surface area contributed by atoms with Gasteiger partial charge in [0.15, 0.2) is 0 Å². The third-order valence-electron chi connectivity index (χ3n) is 5.13. The van der Waals surface area contributed by atoms with Gasteiger partial charge in [-0.05, 0) is 50.2 Å². The van der Waals surface area contributed by atoms with Gasteiger partial charge in [-0.15, -0.1) is 0 Å². The maximum Gasteiger partial charge on any atom is 0.268 e. The predicted octanol–water partition coefficient (Wildman–Crippen LogP) is 2.88. The molecule has 2 fully saturated rings. The van der Waals surface area contributed by atoms with E-state index in [9.17, 15) is 9.90 Å². The van der Waals surface area contributed by atoms with E-state index in [0.717, 1.165) is 37.8 Å². The quantitative estimate of drug-likeness (QED) is 0.896. The van der Waals surface area contributed by atoms with Crippen LogP contribution in [0.2, 0.25) is 0 Å². The van der Waals surface area contributed by atoms with Crippen LogP contribution in [-0.4, -0.2) is 27.7 Å². The van der Waals surface area contributed by atoms with Gasteiger partial charge in [0, 0.05) is 18.8 Å². The molecule has 1 amide bonds. The number of hydrogen-bond acceptors (Lipinski definition) is 2. The molecule has 3 rings (SSSR count). The zero-order chi connectivity index (χ0) is 14.9. The molecular weight excluding hydrogens is 264 g/mol. The molecule has 1 heterocycles. The molecule has 0 spiro atoms. The lowest BCUT2D eigenvalue weighted by Crippen LogP contribution is -2.46. The Morgan fingerprint density at radius 1 is 1.43 bits per heavy atom.